The highest BCUT2D eigenvalue weighted by Gasteiger charge is 2.28. The van der Waals surface area contributed by atoms with Crippen LogP contribution in [0.25, 0.3) is 0 Å². The van der Waals surface area contributed by atoms with E-state index in [0.29, 0.717) is 5.01 Å². The Morgan fingerprint density at radius 2 is 1.80 bits per heavy atom. The van der Waals surface area contributed by atoms with E-state index in [1.165, 1.54) is 0 Å². The monoisotopic (exact) mass is 271 g/mol. The average Bonchev–Trinajstić information content (AvgIpc) is 1.97. The Morgan fingerprint density at radius 3 is 2.07 bits per heavy atom. The zero-order valence-corrected chi connectivity index (χ0v) is 9.80. The lowest BCUT2D eigenvalue weighted by Crippen LogP contribution is -2.50. The number of nitrogens with zero attached hydrogens (tertiary/aromatic N) is 1. The van der Waals surface area contributed by atoms with Crippen LogP contribution in [0.4, 0.5) is 18.0 Å². The van der Waals surface area contributed by atoms with Gasteiger partial charge in [-0.3, -0.25) is 5.01 Å². The molecule has 0 heterocycles. The summed E-state index contributed by atoms with van der Waals surface area (Å²) in [6.07, 6.45) is -4.41. The first-order valence-electron chi connectivity index (χ1n) is 3.62. The van der Waals surface area contributed by atoms with Gasteiger partial charge < -0.3 is 5.32 Å². The molecule has 4 nitrogen and oxygen atoms in total. The molecule has 0 aromatic rings. The predicted molar refractivity (Wildman–Crippen MR) is 55.1 cm³/mol. The van der Waals surface area contributed by atoms with Crippen LogP contribution in [0, 0.1) is 0 Å². The van der Waals surface area contributed by atoms with E-state index in [2.05, 4.69) is 0 Å². The van der Waals surface area contributed by atoms with E-state index in [4.69, 9.17) is 5.84 Å². The van der Waals surface area contributed by atoms with Crippen molar-refractivity contribution in [2.45, 2.75) is 26.1 Å². The van der Waals surface area contributed by atoms with Crippen LogP contribution in [-0.4, -0.2) is 29.8 Å². The summed E-state index contributed by atoms with van der Waals surface area (Å²) < 4.78 is 34.8. The number of hydrazine groups is 1. The molecular formula is C6H14Cl2F3N3O. The molecule has 0 aliphatic rings. The van der Waals surface area contributed by atoms with E-state index in [9.17, 15) is 18.0 Å². The van der Waals surface area contributed by atoms with Gasteiger partial charge >= 0.3 is 12.2 Å². The maximum atomic E-state index is 11.6. The number of urea groups is 1. The molecule has 2 amide bonds. The van der Waals surface area contributed by atoms with Gasteiger partial charge in [-0.25, -0.2) is 10.6 Å². The third-order valence-corrected chi connectivity index (χ3v) is 1.23. The lowest BCUT2D eigenvalue weighted by atomic mass is 10.4. The van der Waals surface area contributed by atoms with E-state index in [-0.39, 0.29) is 30.9 Å². The van der Waals surface area contributed by atoms with E-state index in [0.717, 1.165) is 0 Å². The van der Waals surface area contributed by atoms with Crippen LogP contribution in [0.15, 0.2) is 0 Å². The minimum absolute atomic E-state index is 0. The molecule has 15 heavy (non-hydrogen) atoms. The van der Waals surface area contributed by atoms with Crippen molar-refractivity contribution in [2.75, 3.05) is 6.54 Å². The Labute approximate surface area is 98.1 Å². The van der Waals surface area contributed by atoms with Crippen LogP contribution in [0.1, 0.15) is 13.8 Å². The quantitative estimate of drug-likeness (QED) is 0.456. The third kappa shape index (κ3) is 9.89. The highest BCUT2D eigenvalue weighted by atomic mass is 35.5. The molecule has 0 rings (SSSR count). The smallest absolute Gasteiger partial charge is 0.328 e. The summed E-state index contributed by atoms with van der Waals surface area (Å²) in [7, 11) is 0. The van der Waals surface area contributed by atoms with E-state index < -0.39 is 18.8 Å². The lowest BCUT2D eigenvalue weighted by Gasteiger charge is -2.21. The summed E-state index contributed by atoms with van der Waals surface area (Å²) in [5.41, 5.74) is 0. The highest BCUT2D eigenvalue weighted by Crippen LogP contribution is 2.12. The maximum Gasteiger partial charge on any atom is 0.405 e. The van der Waals surface area contributed by atoms with Gasteiger partial charge in [-0.15, -0.1) is 24.8 Å². The molecule has 0 atom stereocenters. The Kier molecular flexibility index (Phi) is 10.5. The second-order valence-electron chi connectivity index (χ2n) is 2.77. The number of amides is 2. The second kappa shape index (κ2) is 7.84. The van der Waals surface area contributed by atoms with Crippen molar-refractivity contribution < 1.29 is 18.0 Å². The van der Waals surface area contributed by atoms with Crippen molar-refractivity contribution in [3.8, 4) is 0 Å². The Balaban J connectivity index is -0.000000720. The van der Waals surface area contributed by atoms with Gasteiger partial charge in [0, 0.05) is 6.04 Å². The number of carbonyl (C=O) groups excluding carboxylic acids is 1. The minimum Gasteiger partial charge on any atom is -0.328 e. The van der Waals surface area contributed by atoms with Gasteiger partial charge in [0.05, 0.1) is 0 Å². The Hall–Kier alpha value is -0.400. The first-order valence-corrected chi connectivity index (χ1v) is 3.62. The zero-order valence-electron chi connectivity index (χ0n) is 8.17. The van der Waals surface area contributed by atoms with Crippen LogP contribution >= 0.6 is 24.8 Å². The standard InChI is InChI=1S/C6H12F3N3O.2ClH/c1-4(2)12(10)5(13)11-3-6(7,8)9;;/h4H,3,10H2,1-2H3,(H,11,13);2*1H. The minimum atomic E-state index is -4.41. The number of nitrogens with two attached hydrogens (primary N) is 1. The van der Waals surface area contributed by atoms with Gasteiger partial charge in [0.2, 0.25) is 0 Å². The number of halogens is 5. The summed E-state index contributed by atoms with van der Waals surface area (Å²) in [5, 5.41) is 2.34. The van der Waals surface area contributed by atoms with Crippen LogP contribution < -0.4 is 11.2 Å². The number of hydrogen-bond acceptors (Lipinski definition) is 2. The van der Waals surface area contributed by atoms with E-state index in [1.807, 2.05) is 0 Å². The summed E-state index contributed by atoms with van der Waals surface area (Å²) in [4.78, 5) is 10.8. The van der Waals surface area contributed by atoms with Gasteiger partial charge in [-0.05, 0) is 13.8 Å². The molecule has 0 saturated carbocycles. The van der Waals surface area contributed by atoms with Crippen molar-refractivity contribution >= 4 is 30.8 Å². The van der Waals surface area contributed by atoms with Crippen LogP contribution in [0.5, 0.6) is 0 Å². The van der Waals surface area contributed by atoms with Crippen molar-refractivity contribution in [2.24, 2.45) is 5.84 Å². The second-order valence-corrected chi connectivity index (χ2v) is 2.77. The lowest BCUT2D eigenvalue weighted by molar-refractivity contribution is -0.123. The molecule has 0 bridgehead atoms. The first-order chi connectivity index (χ1) is 5.74. The zero-order chi connectivity index (χ0) is 10.6. The fourth-order valence-electron chi connectivity index (χ4n) is 0.502. The summed E-state index contributed by atoms with van der Waals surface area (Å²) >= 11 is 0. The van der Waals surface area contributed by atoms with Gasteiger partial charge in [0.1, 0.15) is 6.54 Å². The molecule has 0 aliphatic carbocycles. The number of hydrogen-bond donors (Lipinski definition) is 2. The largest absolute Gasteiger partial charge is 0.405 e. The Bertz CT molecular complexity index is 189. The van der Waals surface area contributed by atoms with Crippen molar-refractivity contribution in [3.63, 3.8) is 0 Å². The molecule has 3 N–H and O–H groups in total. The summed E-state index contributed by atoms with van der Waals surface area (Å²) in [5.74, 6) is 5.14. The molecule has 0 fully saturated rings. The topological polar surface area (TPSA) is 58.4 Å². The van der Waals surface area contributed by atoms with Gasteiger partial charge in [0.15, 0.2) is 0 Å². The molecule has 0 aliphatic heterocycles. The molecular weight excluding hydrogens is 258 g/mol. The molecule has 9 heteroatoms. The molecule has 94 valence electrons. The van der Waals surface area contributed by atoms with Crippen LogP contribution in [0.3, 0.4) is 0 Å². The van der Waals surface area contributed by atoms with Crippen molar-refractivity contribution in [1.29, 1.82) is 0 Å². The van der Waals surface area contributed by atoms with Crippen molar-refractivity contribution in [1.82, 2.24) is 10.3 Å². The predicted octanol–water partition coefficient (Wildman–Crippen LogP) is 1.69. The molecule has 0 aromatic carbocycles. The van der Waals surface area contributed by atoms with E-state index >= 15 is 0 Å². The molecule has 0 radical (unpaired) electrons. The Morgan fingerprint density at radius 1 is 1.40 bits per heavy atom. The van der Waals surface area contributed by atoms with Crippen molar-refractivity contribution in [3.05, 3.63) is 0 Å². The molecule has 0 unspecified atom stereocenters. The first kappa shape index (κ1) is 20.1. The maximum absolute atomic E-state index is 11.6. The molecule has 0 saturated heterocycles. The number of nitrogens with one attached hydrogen (secondary N) is 1. The highest BCUT2D eigenvalue weighted by molar-refractivity contribution is 5.85. The number of rotatable bonds is 2. The fourth-order valence-corrected chi connectivity index (χ4v) is 0.502. The fraction of sp³-hybridized carbons (Fsp3) is 0.833. The SMILES string of the molecule is CC(C)N(N)C(=O)NCC(F)(F)F.Cl.Cl. The summed E-state index contributed by atoms with van der Waals surface area (Å²) in [6.45, 7) is 1.81. The normalized spacial score (nSPS) is 10.1. The molecule has 0 spiro atoms. The number of carbonyl (C=O) groups is 1. The summed E-state index contributed by atoms with van der Waals surface area (Å²) in [6, 6.07) is -1.28. The van der Waals surface area contributed by atoms with Gasteiger partial charge in [0.25, 0.3) is 0 Å². The van der Waals surface area contributed by atoms with Crippen LogP contribution in [0.2, 0.25) is 0 Å². The van der Waals surface area contributed by atoms with Gasteiger partial charge in [-0.2, -0.15) is 13.2 Å². The van der Waals surface area contributed by atoms with Crippen LogP contribution in [-0.2, 0) is 0 Å². The third-order valence-electron chi connectivity index (χ3n) is 1.23. The average molecular weight is 272 g/mol. The van der Waals surface area contributed by atoms with Gasteiger partial charge in [-0.1, -0.05) is 0 Å². The van der Waals surface area contributed by atoms with E-state index in [1.54, 1.807) is 19.2 Å². The molecule has 0 aromatic heterocycles. The number of alkyl halides is 3.